The van der Waals surface area contributed by atoms with Crippen LogP contribution >= 0.6 is 0 Å². The van der Waals surface area contributed by atoms with E-state index >= 15 is 0 Å². The van der Waals surface area contributed by atoms with E-state index in [0.29, 0.717) is 11.4 Å². The highest BCUT2D eigenvalue weighted by Crippen LogP contribution is 2.25. The first-order chi connectivity index (χ1) is 9.97. The van der Waals surface area contributed by atoms with Gasteiger partial charge in [0.15, 0.2) is 5.82 Å². The number of aromatic carboxylic acids is 1. The van der Waals surface area contributed by atoms with E-state index < -0.39 is 5.97 Å². The normalized spacial score (nSPS) is 9.95. The maximum atomic E-state index is 11.0. The Morgan fingerprint density at radius 3 is 2.62 bits per heavy atom. The van der Waals surface area contributed by atoms with Crippen molar-refractivity contribution in [3.05, 3.63) is 42.1 Å². The highest BCUT2D eigenvalue weighted by molar-refractivity contribution is 5.96. The number of carbonyl (C=O) groups excluding carboxylic acids is 1. The molecule has 0 aliphatic rings. The zero-order valence-electron chi connectivity index (χ0n) is 11.3. The first-order valence-corrected chi connectivity index (χ1v) is 6.10. The van der Waals surface area contributed by atoms with Gasteiger partial charge in [-0.2, -0.15) is 0 Å². The molecule has 0 spiro atoms. The first-order valence-electron chi connectivity index (χ1n) is 6.10. The minimum atomic E-state index is -1.12. The van der Waals surface area contributed by atoms with Crippen molar-refractivity contribution >= 4 is 34.8 Å². The molecule has 1 heterocycles. The molecule has 7 nitrogen and oxygen atoms in total. The second kappa shape index (κ2) is 5.91. The molecule has 5 N–H and O–H groups in total. The SMILES string of the molecule is CC(=O)Nc1cccc(Nc2nccc(C(=O)O)c2N)c1. The Morgan fingerprint density at radius 2 is 1.95 bits per heavy atom. The number of carbonyl (C=O) groups is 2. The number of nitrogen functional groups attached to an aromatic ring is 1. The van der Waals surface area contributed by atoms with Gasteiger partial charge in [-0.1, -0.05) is 6.07 Å². The van der Waals surface area contributed by atoms with Crippen molar-refractivity contribution in [1.82, 2.24) is 4.98 Å². The zero-order chi connectivity index (χ0) is 15.4. The minimum Gasteiger partial charge on any atom is -0.478 e. The third-order valence-corrected chi connectivity index (χ3v) is 2.67. The molecule has 7 heteroatoms. The molecule has 0 saturated carbocycles. The average Bonchev–Trinajstić information content (AvgIpc) is 2.40. The maximum Gasteiger partial charge on any atom is 0.337 e. The number of anilines is 4. The molecule has 0 atom stereocenters. The molecule has 1 amide bonds. The monoisotopic (exact) mass is 286 g/mol. The van der Waals surface area contributed by atoms with Crippen LogP contribution in [-0.4, -0.2) is 22.0 Å². The van der Waals surface area contributed by atoms with Crippen molar-refractivity contribution in [2.45, 2.75) is 6.92 Å². The molecule has 1 aromatic heterocycles. The van der Waals surface area contributed by atoms with Crippen LogP contribution in [0.1, 0.15) is 17.3 Å². The lowest BCUT2D eigenvalue weighted by Crippen LogP contribution is -2.08. The fourth-order valence-corrected chi connectivity index (χ4v) is 1.77. The van der Waals surface area contributed by atoms with Gasteiger partial charge in [0.05, 0.1) is 11.3 Å². The van der Waals surface area contributed by atoms with E-state index in [2.05, 4.69) is 15.6 Å². The van der Waals surface area contributed by atoms with Gasteiger partial charge in [-0.3, -0.25) is 4.79 Å². The van der Waals surface area contributed by atoms with Crippen molar-refractivity contribution in [1.29, 1.82) is 0 Å². The largest absolute Gasteiger partial charge is 0.478 e. The summed E-state index contributed by atoms with van der Waals surface area (Å²) in [4.78, 5) is 26.1. The molecule has 1 aromatic carbocycles. The maximum absolute atomic E-state index is 11.0. The highest BCUT2D eigenvalue weighted by Gasteiger charge is 2.12. The van der Waals surface area contributed by atoms with Crippen LogP contribution in [0.4, 0.5) is 22.9 Å². The summed E-state index contributed by atoms with van der Waals surface area (Å²) in [7, 11) is 0. The lowest BCUT2D eigenvalue weighted by molar-refractivity contribution is -0.114. The fourth-order valence-electron chi connectivity index (χ4n) is 1.77. The summed E-state index contributed by atoms with van der Waals surface area (Å²) in [6, 6.07) is 8.24. The predicted octanol–water partition coefficient (Wildman–Crippen LogP) is 2.06. The van der Waals surface area contributed by atoms with E-state index in [1.165, 1.54) is 19.2 Å². The number of benzene rings is 1. The molecule has 21 heavy (non-hydrogen) atoms. The number of nitrogens with one attached hydrogen (secondary N) is 2. The summed E-state index contributed by atoms with van der Waals surface area (Å²) < 4.78 is 0. The smallest absolute Gasteiger partial charge is 0.337 e. The average molecular weight is 286 g/mol. The summed E-state index contributed by atoms with van der Waals surface area (Å²) >= 11 is 0. The summed E-state index contributed by atoms with van der Waals surface area (Å²) in [6.07, 6.45) is 1.36. The number of hydrogen-bond acceptors (Lipinski definition) is 5. The van der Waals surface area contributed by atoms with E-state index in [1.807, 2.05) is 0 Å². The van der Waals surface area contributed by atoms with Gasteiger partial charge < -0.3 is 21.5 Å². The summed E-state index contributed by atoms with van der Waals surface area (Å²) in [6.45, 7) is 1.41. The Bertz CT molecular complexity index is 700. The molecule has 108 valence electrons. The Hall–Kier alpha value is -3.09. The van der Waals surface area contributed by atoms with Gasteiger partial charge in [-0.05, 0) is 24.3 Å². The molecule has 0 unspecified atom stereocenters. The van der Waals surface area contributed by atoms with E-state index in [1.54, 1.807) is 24.3 Å². The van der Waals surface area contributed by atoms with Crippen molar-refractivity contribution in [2.75, 3.05) is 16.4 Å². The topological polar surface area (TPSA) is 117 Å². The number of nitrogens with zero attached hydrogens (tertiary/aromatic N) is 1. The summed E-state index contributed by atoms with van der Waals surface area (Å²) in [5.74, 6) is -1.06. The van der Waals surface area contributed by atoms with E-state index in [0.717, 1.165) is 0 Å². The predicted molar refractivity (Wildman–Crippen MR) is 79.6 cm³/mol. The van der Waals surface area contributed by atoms with Crippen molar-refractivity contribution in [3.8, 4) is 0 Å². The third kappa shape index (κ3) is 3.47. The van der Waals surface area contributed by atoms with Crippen LogP contribution in [-0.2, 0) is 4.79 Å². The van der Waals surface area contributed by atoms with Crippen LogP contribution in [0.15, 0.2) is 36.5 Å². The molecule has 0 aliphatic heterocycles. The van der Waals surface area contributed by atoms with Crippen LogP contribution < -0.4 is 16.4 Å². The first kappa shape index (κ1) is 14.3. The van der Waals surface area contributed by atoms with Gasteiger partial charge in [0.2, 0.25) is 5.91 Å². The fraction of sp³-hybridized carbons (Fsp3) is 0.0714. The van der Waals surface area contributed by atoms with Crippen LogP contribution in [0.3, 0.4) is 0 Å². The van der Waals surface area contributed by atoms with Crippen molar-refractivity contribution in [3.63, 3.8) is 0 Å². The number of aromatic nitrogens is 1. The molecule has 0 saturated heterocycles. The summed E-state index contributed by atoms with van der Waals surface area (Å²) in [5.41, 5.74) is 7.04. The Balaban J connectivity index is 2.28. The highest BCUT2D eigenvalue weighted by atomic mass is 16.4. The summed E-state index contributed by atoms with van der Waals surface area (Å²) in [5, 5.41) is 14.6. The van der Waals surface area contributed by atoms with E-state index in [4.69, 9.17) is 10.8 Å². The lowest BCUT2D eigenvalue weighted by Gasteiger charge is -2.11. The van der Waals surface area contributed by atoms with Crippen molar-refractivity contribution < 1.29 is 14.7 Å². The number of carboxylic acid groups (broad SMARTS) is 1. The Morgan fingerprint density at radius 1 is 1.24 bits per heavy atom. The Labute approximate surface area is 120 Å². The number of amides is 1. The lowest BCUT2D eigenvalue weighted by atomic mass is 10.2. The Kier molecular flexibility index (Phi) is 4.03. The third-order valence-electron chi connectivity index (χ3n) is 2.67. The zero-order valence-corrected chi connectivity index (χ0v) is 11.3. The van der Waals surface area contributed by atoms with Crippen molar-refractivity contribution in [2.24, 2.45) is 0 Å². The number of carboxylic acids is 1. The molecule has 2 rings (SSSR count). The molecule has 0 bridgehead atoms. The second-order valence-electron chi connectivity index (χ2n) is 4.31. The molecular weight excluding hydrogens is 272 g/mol. The second-order valence-corrected chi connectivity index (χ2v) is 4.31. The quantitative estimate of drug-likeness (QED) is 0.683. The van der Waals surface area contributed by atoms with Gasteiger partial charge in [0.25, 0.3) is 0 Å². The molecule has 2 aromatic rings. The molecule has 0 aliphatic carbocycles. The minimum absolute atomic E-state index is 0.0227. The molecule has 0 fully saturated rings. The number of nitrogens with two attached hydrogens (primary N) is 1. The van der Waals surface area contributed by atoms with Crippen LogP contribution in [0, 0.1) is 0 Å². The van der Waals surface area contributed by atoms with Crippen LogP contribution in [0.5, 0.6) is 0 Å². The molecular formula is C14H14N4O3. The van der Waals surface area contributed by atoms with Gasteiger partial charge in [0, 0.05) is 24.5 Å². The van der Waals surface area contributed by atoms with Crippen LogP contribution in [0.25, 0.3) is 0 Å². The van der Waals surface area contributed by atoms with Gasteiger partial charge >= 0.3 is 5.97 Å². The van der Waals surface area contributed by atoms with E-state index in [-0.39, 0.29) is 23.0 Å². The number of rotatable bonds is 4. The van der Waals surface area contributed by atoms with Gasteiger partial charge in [-0.15, -0.1) is 0 Å². The van der Waals surface area contributed by atoms with Crippen LogP contribution in [0.2, 0.25) is 0 Å². The van der Waals surface area contributed by atoms with Gasteiger partial charge in [0.1, 0.15) is 0 Å². The standard InChI is InChI=1S/C14H14N4O3/c1-8(19)17-9-3-2-4-10(7-9)18-13-12(15)11(14(20)21)5-6-16-13/h2-7H,15H2,1H3,(H,16,18)(H,17,19)(H,20,21). The van der Waals surface area contributed by atoms with E-state index in [9.17, 15) is 9.59 Å². The number of hydrogen-bond donors (Lipinski definition) is 4. The number of pyridine rings is 1. The van der Waals surface area contributed by atoms with Gasteiger partial charge in [-0.25, -0.2) is 9.78 Å². The molecule has 0 radical (unpaired) electrons.